The summed E-state index contributed by atoms with van der Waals surface area (Å²) in [6.45, 7) is 8.95. The van der Waals surface area contributed by atoms with E-state index in [0.717, 1.165) is 26.1 Å². The Hall–Kier alpha value is -1.12. The summed E-state index contributed by atoms with van der Waals surface area (Å²) in [5.41, 5.74) is 2.85. The summed E-state index contributed by atoms with van der Waals surface area (Å²) < 4.78 is 0. The van der Waals surface area contributed by atoms with Gasteiger partial charge in [-0.05, 0) is 45.3 Å². The maximum absolute atomic E-state index is 3.69. The molecule has 2 rings (SSSR count). The van der Waals surface area contributed by atoms with Gasteiger partial charge in [0.1, 0.15) is 0 Å². The van der Waals surface area contributed by atoms with E-state index in [1.807, 2.05) is 0 Å². The normalized spacial score (nSPS) is 20.8. The van der Waals surface area contributed by atoms with Gasteiger partial charge in [-0.3, -0.25) is 4.90 Å². The molecular formula is C17H26N2. The summed E-state index contributed by atoms with van der Waals surface area (Å²) in [6.07, 6.45) is 4.72. The smallest absolute Gasteiger partial charge is 0.0235 e. The van der Waals surface area contributed by atoms with Crippen molar-refractivity contribution in [2.45, 2.75) is 32.7 Å². The van der Waals surface area contributed by atoms with Gasteiger partial charge in [0.2, 0.25) is 0 Å². The van der Waals surface area contributed by atoms with Crippen LogP contribution in [-0.4, -0.2) is 37.1 Å². The number of allylic oxidation sites excluding steroid dienone is 1. The Kier molecular flexibility index (Phi) is 5.62. The van der Waals surface area contributed by atoms with Crippen LogP contribution in [0.4, 0.5) is 0 Å². The minimum absolute atomic E-state index is 0.579. The first-order valence-corrected chi connectivity index (χ1v) is 7.37. The van der Waals surface area contributed by atoms with Gasteiger partial charge in [0.15, 0.2) is 0 Å². The number of nitrogens with one attached hydrogen (secondary N) is 1. The molecule has 0 saturated carbocycles. The second-order valence-electron chi connectivity index (χ2n) is 5.74. The highest BCUT2D eigenvalue weighted by Gasteiger charge is 2.16. The average Bonchev–Trinajstić information content (AvgIpc) is 2.63. The Morgan fingerprint density at radius 2 is 2.11 bits per heavy atom. The van der Waals surface area contributed by atoms with Crippen molar-refractivity contribution in [3.8, 4) is 0 Å². The van der Waals surface area contributed by atoms with Crippen LogP contribution in [0.25, 0.3) is 0 Å². The maximum Gasteiger partial charge on any atom is 0.0235 e. The standard InChI is InChI=1S/C17H26N2/c1-15(2)9-12-19-11-6-10-18-17(14-19)13-16-7-4-3-5-8-16/h3-5,7-9,17-18H,6,10-14H2,1-2H3. The highest BCUT2D eigenvalue weighted by Crippen LogP contribution is 2.08. The lowest BCUT2D eigenvalue weighted by Gasteiger charge is -2.23. The van der Waals surface area contributed by atoms with Crippen molar-refractivity contribution in [3.05, 3.63) is 47.5 Å². The van der Waals surface area contributed by atoms with Gasteiger partial charge >= 0.3 is 0 Å². The lowest BCUT2D eigenvalue weighted by molar-refractivity contribution is 0.293. The van der Waals surface area contributed by atoms with E-state index >= 15 is 0 Å². The second kappa shape index (κ2) is 7.46. The number of hydrogen-bond donors (Lipinski definition) is 1. The van der Waals surface area contributed by atoms with Crippen LogP contribution in [0.2, 0.25) is 0 Å². The summed E-state index contributed by atoms with van der Waals surface area (Å²) in [5, 5.41) is 3.69. The molecule has 104 valence electrons. The van der Waals surface area contributed by atoms with Gasteiger partial charge in [-0.25, -0.2) is 0 Å². The molecular weight excluding hydrogens is 232 g/mol. The Balaban J connectivity index is 1.91. The molecule has 1 unspecified atom stereocenters. The van der Waals surface area contributed by atoms with Gasteiger partial charge < -0.3 is 5.32 Å². The van der Waals surface area contributed by atoms with Gasteiger partial charge in [-0.15, -0.1) is 0 Å². The fourth-order valence-electron chi connectivity index (χ4n) is 2.59. The molecule has 2 nitrogen and oxygen atoms in total. The fraction of sp³-hybridized carbons (Fsp3) is 0.529. The monoisotopic (exact) mass is 258 g/mol. The molecule has 0 bridgehead atoms. The maximum atomic E-state index is 3.69. The topological polar surface area (TPSA) is 15.3 Å². The molecule has 0 aliphatic carbocycles. The first kappa shape index (κ1) is 14.3. The van der Waals surface area contributed by atoms with E-state index in [-0.39, 0.29) is 0 Å². The van der Waals surface area contributed by atoms with Crippen LogP contribution in [0.3, 0.4) is 0 Å². The molecule has 1 aromatic rings. The van der Waals surface area contributed by atoms with Gasteiger partial charge in [0.05, 0.1) is 0 Å². The molecule has 1 N–H and O–H groups in total. The molecule has 1 heterocycles. The highest BCUT2D eigenvalue weighted by molar-refractivity contribution is 5.16. The van der Waals surface area contributed by atoms with Gasteiger partial charge in [-0.2, -0.15) is 0 Å². The Morgan fingerprint density at radius 1 is 1.32 bits per heavy atom. The average molecular weight is 258 g/mol. The van der Waals surface area contributed by atoms with Crippen molar-refractivity contribution in [3.63, 3.8) is 0 Å². The van der Waals surface area contributed by atoms with Crippen LogP contribution in [0.15, 0.2) is 42.0 Å². The van der Waals surface area contributed by atoms with Crippen molar-refractivity contribution in [1.82, 2.24) is 10.2 Å². The minimum Gasteiger partial charge on any atom is -0.312 e. The lowest BCUT2D eigenvalue weighted by atomic mass is 10.1. The number of hydrogen-bond acceptors (Lipinski definition) is 2. The third-order valence-corrected chi connectivity index (χ3v) is 3.65. The van der Waals surface area contributed by atoms with E-state index in [9.17, 15) is 0 Å². The van der Waals surface area contributed by atoms with Crippen LogP contribution in [0, 0.1) is 0 Å². The minimum atomic E-state index is 0.579. The Labute approximate surface area is 117 Å². The van der Waals surface area contributed by atoms with Crippen LogP contribution < -0.4 is 5.32 Å². The van der Waals surface area contributed by atoms with Crippen molar-refractivity contribution in [2.24, 2.45) is 0 Å². The predicted molar refractivity (Wildman–Crippen MR) is 82.4 cm³/mol. The molecule has 1 saturated heterocycles. The summed E-state index contributed by atoms with van der Waals surface area (Å²) in [4.78, 5) is 2.57. The summed E-state index contributed by atoms with van der Waals surface area (Å²) in [6, 6.07) is 11.4. The predicted octanol–water partition coefficient (Wildman–Crippen LogP) is 2.86. The summed E-state index contributed by atoms with van der Waals surface area (Å²) in [5.74, 6) is 0. The molecule has 1 aliphatic rings. The van der Waals surface area contributed by atoms with Crippen molar-refractivity contribution < 1.29 is 0 Å². The lowest BCUT2D eigenvalue weighted by Crippen LogP contribution is -2.39. The molecule has 19 heavy (non-hydrogen) atoms. The molecule has 0 spiro atoms. The van der Waals surface area contributed by atoms with Crippen molar-refractivity contribution >= 4 is 0 Å². The summed E-state index contributed by atoms with van der Waals surface area (Å²) >= 11 is 0. The number of rotatable bonds is 4. The van der Waals surface area contributed by atoms with Gasteiger partial charge in [0.25, 0.3) is 0 Å². The summed E-state index contributed by atoms with van der Waals surface area (Å²) in [7, 11) is 0. The zero-order valence-electron chi connectivity index (χ0n) is 12.2. The number of nitrogens with zero attached hydrogens (tertiary/aromatic N) is 1. The van der Waals surface area contributed by atoms with E-state index in [4.69, 9.17) is 0 Å². The van der Waals surface area contributed by atoms with E-state index in [1.165, 1.54) is 24.1 Å². The second-order valence-corrected chi connectivity index (χ2v) is 5.74. The first-order valence-electron chi connectivity index (χ1n) is 7.37. The fourth-order valence-corrected chi connectivity index (χ4v) is 2.59. The van der Waals surface area contributed by atoms with Crippen molar-refractivity contribution in [1.29, 1.82) is 0 Å². The first-order chi connectivity index (χ1) is 9.24. The number of benzene rings is 1. The largest absolute Gasteiger partial charge is 0.312 e. The Bertz CT molecular complexity index is 393. The molecule has 1 atom stereocenters. The van der Waals surface area contributed by atoms with Crippen LogP contribution >= 0.6 is 0 Å². The molecule has 1 aliphatic heterocycles. The molecule has 1 fully saturated rings. The van der Waals surface area contributed by atoms with Gasteiger partial charge in [0, 0.05) is 19.1 Å². The third-order valence-electron chi connectivity index (χ3n) is 3.65. The van der Waals surface area contributed by atoms with Gasteiger partial charge in [-0.1, -0.05) is 42.0 Å². The Morgan fingerprint density at radius 3 is 2.84 bits per heavy atom. The molecule has 0 amide bonds. The quantitative estimate of drug-likeness (QED) is 0.836. The van der Waals surface area contributed by atoms with Crippen LogP contribution in [-0.2, 0) is 6.42 Å². The zero-order valence-corrected chi connectivity index (χ0v) is 12.2. The molecule has 2 heteroatoms. The molecule has 1 aromatic carbocycles. The van der Waals surface area contributed by atoms with E-state index in [1.54, 1.807) is 0 Å². The van der Waals surface area contributed by atoms with E-state index in [2.05, 4.69) is 60.5 Å². The van der Waals surface area contributed by atoms with E-state index < -0.39 is 0 Å². The molecule has 0 aromatic heterocycles. The van der Waals surface area contributed by atoms with Crippen LogP contribution in [0.5, 0.6) is 0 Å². The molecule has 0 radical (unpaired) electrons. The highest BCUT2D eigenvalue weighted by atomic mass is 15.2. The van der Waals surface area contributed by atoms with Crippen LogP contribution in [0.1, 0.15) is 25.8 Å². The zero-order chi connectivity index (χ0) is 13.5. The van der Waals surface area contributed by atoms with E-state index in [0.29, 0.717) is 6.04 Å². The SMILES string of the molecule is CC(C)=CCN1CCCNC(Cc2ccccc2)C1. The van der Waals surface area contributed by atoms with Crippen molar-refractivity contribution in [2.75, 3.05) is 26.2 Å². The third kappa shape index (κ3) is 5.17.